The standard InChI is InChI=1S/C19H17F6N5O/c1-11(26-9-17-27-29-30-28-17)15-4-2-3-5-16(15)31-10-12-6-13(18(20,21)22)8-14(7-12)19(23,24)25/h2-8,11,26H,9-10H2,1H3,(H,27,28,29,30). The van der Waals surface area contributed by atoms with Gasteiger partial charge in [-0.2, -0.15) is 31.6 Å². The molecule has 12 heteroatoms. The van der Waals surface area contributed by atoms with Gasteiger partial charge in [0.15, 0.2) is 5.82 Å². The minimum Gasteiger partial charge on any atom is -0.489 e. The van der Waals surface area contributed by atoms with E-state index in [0.717, 1.165) is 0 Å². The van der Waals surface area contributed by atoms with Crippen molar-refractivity contribution in [1.29, 1.82) is 0 Å². The van der Waals surface area contributed by atoms with Crippen LogP contribution in [0, 0.1) is 0 Å². The van der Waals surface area contributed by atoms with E-state index in [1.807, 2.05) is 6.92 Å². The number of alkyl halides is 6. The second-order valence-electron chi connectivity index (χ2n) is 6.67. The van der Waals surface area contributed by atoms with Gasteiger partial charge in [-0.05, 0) is 36.8 Å². The number of aromatic nitrogens is 4. The summed E-state index contributed by atoms with van der Waals surface area (Å²) < 4.78 is 83.8. The number of H-pyrrole nitrogens is 1. The SMILES string of the molecule is CC(NCc1nn[nH]n1)c1ccccc1OCc1cc(C(F)(F)F)cc(C(F)(F)F)c1. The fourth-order valence-electron chi connectivity index (χ4n) is 2.85. The molecule has 0 radical (unpaired) electrons. The Kier molecular flexibility index (Phi) is 6.48. The second kappa shape index (κ2) is 8.92. The van der Waals surface area contributed by atoms with Crippen LogP contribution in [0.3, 0.4) is 0 Å². The summed E-state index contributed by atoms with van der Waals surface area (Å²) in [5.74, 6) is 0.746. The molecular weight excluding hydrogens is 428 g/mol. The molecule has 0 amide bonds. The van der Waals surface area contributed by atoms with Gasteiger partial charge in [-0.1, -0.05) is 23.4 Å². The zero-order valence-electron chi connectivity index (χ0n) is 16.1. The van der Waals surface area contributed by atoms with Gasteiger partial charge in [-0.15, -0.1) is 10.2 Å². The van der Waals surface area contributed by atoms with Crippen molar-refractivity contribution >= 4 is 0 Å². The fraction of sp³-hybridized carbons (Fsp3) is 0.316. The number of hydrogen-bond donors (Lipinski definition) is 2. The minimum atomic E-state index is -4.92. The normalized spacial score (nSPS) is 13.3. The summed E-state index contributed by atoms with van der Waals surface area (Å²) in [5, 5.41) is 16.5. The molecule has 0 aliphatic carbocycles. The van der Waals surface area contributed by atoms with Gasteiger partial charge in [0.1, 0.15) is 12.4 Å². The lowest BCUT2D eigenvalue weighted by Crippen LogP contribution is -2.19. The van der Waals surface area contributed by atoms with E-state index >= 15 is 0 Å². The van der Waals surface area contributed by atoms with Crippen molar-refractivity contribution in [2.45, 2.75) is 38.5 Å². The average Bonchev–Trinajstić information content (AvgIpc) is 3.23. The number of aromatic amines is 1. The molecule has 0 fully saturated rings. The Labute approximate surface area is 172 Å². The van der Waals surface area contributed by atoms with E-state index < -0.39 is 30.1 Å². The van der Waals surface area contributed by atoms with E-state index in [1.165, 1.54) is 0 Å². The average molecular weight is 445 g/mol. The van der Waals surface area contributed by atoms with E-state index in [9.17, 15) is 26.3 Å². The number of benzene rings is 2. The van der Waals surface area contributed by atoms with Gasteiger partial charge in [-0.25, -0.2) is 0 Å². The largest absolute Gasteiger partial charge is 0.489 e. The molecule has 1 heterocycles. The van der Waals surface area contributed by atoms with Gasteiger partial charge in [0.05, 0.1) is 17.7 Å². The molecule has 0 aliphatic heterocycles. The third-order valence-electron chi connectivity index (χ3n) is 4.38. The molecule has 6 nitrogen and oxygen atoms in total. The first-order valence-corrected chi connectivity index (χ1v) is 9.00. The van der Waals surface area contributed by atoms with E-state index in [2.05, 4.69) is 25.9 Å². The van der Waals surface area contributed by atoms with Gasteiger partial charge in [-0.3, -0.25) is 0 Å². The lowest BCUT2D eigenvalue weighted by Gasteiger charge is -2.19. The highest BCUT2D eigenvalue weighted by Gasteiger charge is 2.36. The van der Waals surface area contributed by atoms with Crippen LogP contribution in [0.2, 0.25) is 0 Å². The van der Waals surface area contributed by atoms with Gasteiger partial charge >= 0.3 is 12.4 Å². The van der Waals surface area contributed by atoms with Crippen molar-refractivity contribution in [3.63, 3.8) is 0 Å². The van der Waals surface area contributed by atoms with Crippen molar-refractivity contribution in [2.24, 2.45) is 0 Å². The molecule has 0 aliphatic rings. The van der Waals surface area contributed by atoms with Crippen LogP contribution in [-0.4, -0.2) is 20.6 Å². The lowest BCUT2D eigenvalue weighted by molar-refractivity contribution is -0.143. The number of hydrogen-bond acceptors (Lipinski definition) is 5. The summed E-state index contributed by atoms with van der Waals surface area (Å²) in [6.45, 7) is 1.63. The highest BCUT2D eigenvalue weighted by molar-refractivity contribution is 5.37. The summed E-state index contributed by atoms with van der Waals surface area (Å²) in [6, 6.07) is 7.81. The summed E-state index contributed by atoms with van der Waals surface area (Å²) in [6.07, 6.45) is -9.83. The quantitative estimate of drug-likeness (QED) is 0.517. The zero-order chi connectivity index (χ0) is 22.6. The first-order chi connectivity index (χ1) is 14.5. The van der Waals surface area contributed by atoms with E-state index in [1.54, 1.807) is 24.3 Å². The molecule has 2 N–H and O–H groups in total. The molecule has 0 saturated carbocycles. The number of nitrogens with zero attached hydrogens (tertiary/aromatic N) is 3. The molecule has 3 aromatic rings. The lowest BCUT2D eigenvalue weighted by atomic mass is 10.0. The van der Waals surface area contributed by atoms with Crippen molar-refractivity contribution in [1.82, 2.24) is 25.9 Å². The Bertz CT molecular complexity index is 972. The molecule has 166 valence electrons. The smallest absolute Gasteiger partial charge is 0.416 e. The molecule has 1 aromatic heterocycles. The molecule has 0 bridgehead atoms. The van der Waals surface area contributed by atoms with Crippen LogP contribution in [0.4, 0.5) is 26.3 Å². The molecule has 3 rings (SSSR count). The Hall–Kier alpha value is -3.15. The van der Waals surface area contributed by atoms with Gasteiger partial charge < -0.3 is 10.1 Å². The van der Waals surface area contributed by atoms with E-state index in [4.69, 9.17) is 4.74 Å². The van der Waals surface area contributed by atoms with Crippen LogP contribution in [0.1, 0.15) is 41.0 Å². The van der Waals surface area contributed by atoms with Crippen molar-refractivity contribution in [3.8, 4) is 5.75 Å². The molecule has 0 spiro atoms. The Morgan fingerprint density at radius 3 is 2.23 bits per heavy atom. The van der Waals surface area contributed by atoms with Gasteiger partial charge in [0.25, 0.3) is 0 Å². The van der Waals surface area contributed by atoms with Crippen LogP contribution < -0.4 is 10.1 Å². The first-order valence-electron chi connectivity index (χ1n) is 9.00. The Balaban J connectivity index is 1.78. The summed E-state index contributed by atoms with van der Waals surface area (Å²) in [5.41, 5.74) is -2.35. The number of ether oxygens (including phenoxy) is 1. The van der Waals surface area contributed by atoms with Crippen molar-refractivity contribution < 1.29 is 31.1 Å². The predicted octanol–water partition coefficient (Wildman–Crippen LogP) is 4.67. The number of para-hydroxylation sites is 1. The highest BCUT2D eigenvalue weighted by Crippen LogP contribution is 2.36. The number of nitrogens with one attached hydrogen (secondary N) is 2. The third-order valence-corrected chi connectivity index (χ3v) is 4.38. The van der Waals surface area contributed by atoms with Gasteiger partial charge in [0.2, 0.25) is 0 Å². The molecule has 2 aromatic carbocycles. The van der Waals surface area contributed by atoms with E-state index in [0.29, 0.717) is 29.3 Å². The van der Waals surface area contributed by atoms with Crippen molar-refractivity contribution in [3.05, 3.63) is 70.5 Å². The number of tetrazole rings is 1. The van der Waals surface area contributed by atoms with E-state index in [-0.39, 0.29) is 24.2 Å². The van der Waals surface area contributed by atoms with Crippen molar-refractivity contribution in [2.75, 3.05) is 0 Å². The van der Waals surface area contributed by atoms with Crippen LogP contribution in [-0.2, 0) is 25.5 Å². The minimum absolute atomic E-state index is 0.0847. The first kappa shape index (κ1) is 22.5. The van der Waals surface area contributed by atoms with Crippen LogP contribution in [0.5, 0.6) is 5.75 Å². The molecular formula is C19H17F6N5O. The van der Waals surface area contributed by atoms with Crippen LogP contribution in [0.15, 0.2) is 42.5 Å². The van der Waals surface area contributed by atoms with Crippen LogP contribution >= 0.6 is 0 Å². The molecule has 0 saturated heterocycles. The highest BCUT2D eigenvalue weighted by atomic mass is 19.4. The topological polar surface area (TPSA) is 75.7 Å². The molecule has 31 heavy (non-hydrogen) atoms. The predicted molar refractivity (Wildman–Crippen MR) is 96.7 cm³/mol. The Morgan fingerprint density at radius 1 is 1.00 bits per heavy atom. The number of halogens is 6. The monoisotopic (exact) mass is 445 g/mol. The maximum Gasteiger partial charge on any atom is 0.416 e. The molecule has 1 atom stereocenters. The fourth-order valence-corrected chi connectivity index (χ4v) is 2.85. The zero-order valence-corrected chi connectivity index (χ0v) is 16.1. The van der Waals surface area contributed by atoms with Gasteiger partial charge in [0, 0.05) is 11.6 Å². The number of rotatable bonds is 7. The summed E-state index contributed by atoms with van der Waals surface area (Å²) in [7, 11) is 0. The molecule has 1 unspecified atom stereocenters. The second-order valence-corrected chi connectivity index (χ2v) is 6.67. The maximum absolute atomic E-state index is 13.0. The third kappa shape index (κ3) is 5.94. The summed E-state index contributed by atoms with van der Waals surface area (Å²) >= 11 is 0. The maximum atomic E-state index is 13.0. The van der Waals surface area contributed by atoms with Crippen LogP contribution in [0.25, 0.3) is 0 Å². The Morgan fingerprint density at radius 2 is 1.65 bits per heavy atom. The summed E-state index contributed by atoms with van der Waals surface area (Å²) in [4.78, 5) is 0.